The molecular formula is C16H21NO. The Labute approximate surface area is 109 Å². The van der Waals surface area contributed by atoms with Crippen LogP contribution in [0.2, 0.25) is 0 Å². The Hall–Kier alpha value is -1.57. The fourth-order valence-corrected chi connectivity index (χ4v) is 2.67. The molecule has 96 valence electrons. The molecule has 0 bridgehead atoms. The number of piperidine rings is 1. The number of hydrogen-bond acceptors (Lipinski definition) is 1. The van der Waals surface area contributed by atoms with Gasteiger partial charge in [0.1, 0.15) is 0 Å². The van der Waals surface area contributed by atoms with E-state index in [1.54, 1.807) is 6.08 Å². The standard InChI is InChI=1S/C16H21NO/c1-13-7-6-8-14(2)17(13)16(18)12-11-15-9-4-3-5-10-15/h3-5,9-14H,6-8H2,1-2H3/b12-11+/t13-,14+. The van der Waals surface area contributed by atoms with Crippen LogP contribution in [0.4, 0.5) is 0 Å². The molecule has 0 N–H and O–H groups in total. The Morgan fingerprint density at radius 3 is 2.39 bits per heavy atom. The van der Waals surface area contributed by atoms with Gasteiger partial charge in [-0.25, -0.2) is 0 Å². The van der Waals surface area contributed by atoms with E-state index in [2.05, 4.69) is 13.8 Å². The van der Waals surface area contributed by atoms with Crippen LogP contribution in [0.1, 0.15) is 38.7 Å². The Morgan fingerprint density at radius 2 is 1.78 bits per heavy atom. The zero-order valence-electron chi connectivity index (χ0n) is 11.2. The molecule has 1 aliphatic heterocycles. The molecular weight excluding hydrogens is 222 g/mol. The van der Waals surface area contributed by atoms with Gasteiger partial charge in [0.05, 0.1) is 0 Å². The van der Waals surface area contributed by atoms with E-state index in [9.17, 15) is 4.79 Å². The molecule has 0 aliphatic carbocycles. The van der Waals surface area contributed by atoms with Crippen molar-refractivity contribution in [3.05, 3.63) is 42.0 Å². The monoisotopic (exact) mass is 243 g/mol. The van der Waals surface area contributed by atoms with Crippen molar-refractivity contribution in [1.29, 1.82) is 0 Å². The highest BCUT2D eigenvalue weighted by molar-refractivity contribution is 5.92. The van der Waals surface area contributed by atoms with E-state index >= 15 is 0 Å². The number of likely N-dealkylation sites (tertiary alicyclic amines) is 1. The minimum Gasteiger partial charge on any atom is -0.334 e. The van der Waals surface area contributed by atoms with Gasteiger partial charge < -0.3 is 4.90 Å². The molecule has 0 unspecified atom stereocenters. The molecule has 2 nitrogen and oxygen atoms in total. The van der Waals surface area contributed by atoms with Crippen LogP contribution >= 0.6 is 0 Å². The van der Waals surface area contributed by atoms with Crippen LogP contribution < -0.4 is 0 Å². The van der Waals surface area contributed by atoms with E-state index in [0.717, 1.165) is 18.4 Å². The van der Waals surface area contributed by atoms with Gasteiger partial charge in [-0.15, -0.1) is 0 Å². The molecule has 2 atom stereocenters. The first-order chi connectivity index (χ1) is 8.68. The summed E-state index contributed by atoms with van der Waals surface area (Å²) in [6.45, 7) is 4.29. The number of amides is 1. The van der Waals surface area contributed by atoms with Crippen molar-refractivity contribution in [3.63, 3.8) is 0 Å². The Kier molecular flexibility index (Phi) is 4.19. The third kappa shape index (κ3) is 3.00. The van der Waals surface area contributed by atoms with Crippen molar-refractivity contribution in [1.82, 2.24) is 4.90 Å². The van der Waals surface area contributed by atoms with Crippen LogP contribution in [0.25, 0.3) is 6.08 Å². The molecule has 1 aliphatic rings. The summed E-state index contributed by atoms with van der Waals surface area (Å²) in [4.78, 5) is 14.2. The van der Waals surface area contributed by atoms with E-state index < -0.39 is 0 Å². The average Bonchev–Trinajstić information content (AvgIpc) is 2.37. The summed E-state index contributed by atoms with van der Waals surface area (Å²) in [7, 11) is 0. The van der Waals surface area contributed by atoms with Gasteiger partial charge in [0.15, 0.2) is 0 Å². The van der Waals surface area contributed by atoms with Crippen LogP contribution in [0, 0.1) is 0 Å². The molecule has 1 fully saturated rings. The Balaban J connectivity index is 2.05. The normalized spacial score (nSPS) is 24.4. The molecule has 0 radical (unpaired) electrons. The first-order valence-electron chi connectivity index (χ1n) is 6.74. The molecule has 1 aromatic carbocycles. The molecule has 1 amide bonds. The third-order valence-electron chi connectivity index (χ3n) is 3.67. The van der Waals surface area contributed by atoms with Gasteiger partial charge in [-0.05, 0) is 44.7 Å². The fourth-order valence-electron chi connectivity index (χ4n) is 2.67. The van der Waals surface area contributed by atoms with E-state index in [4.69, 9.17) is 0 Å². The lowest BCUT2D eigenvalue weighted by atomic mass is 9.97. The van der Waals surface area contributed by atoms with Crippen LogP contribution in [0.5, 0.6) is 0 Å². The average molecular weight is 243 g/mol. The number of benzene rings is 1. The molecule has 1 heterocycles. The topological polar surface area (TPSA) is 20.3 Å². The first-order valence-corrected chi connectivity index (χ1v) is 6.74. The second kappa shape index (κ2) is 5.85. The minimum absolute atomic E-state index is 0.138. The zero-order chi connectivity index (χ0) is 13.0. The van der Waals surface area contributed by atoms with Gasteiger partial charge in [0.2, 0.25) is 5.91 Å². The SMILES string of the molecule is C[C@@H]1CCC[C@H](C)N1C(=O)/C=C/c1ccccc1. The summed E-state index contributed by atoms with van der Waals surface area (Å²) < 4.78 is 0. The van der Waals surface area contributed by atoms with E-state index in [-0.39, 0.29) is 5.91 Å². The summed E-state index contributed by atoms with van der Waals surface area (Å²) in [5.41, 5.74) is 1.07. The van der Waals surface area contributed by atoms with Crippen molar-refractivity contribution < 1.29 is 4.79 Å². The number of carbonyl (C=O) groups is 1. The summed E-state index contributed by atoms with van der Waals surface area (Å²) >= 11 is 0. The van der Waals surface area contributed by atoms with Crippen LogP contribution in [0.3, 0.4) is 0 Å². The molecule has 2 rings (SSSR count). The molecule has 0 aromatic heterocycles. The van der Waals surface area contributed by atoms with Crippen LogP contribution in [-0.2, 0) is 4.79 Å². The minimum atomic E-state index is 0.138. The van der Waals surface area contributed by atoms with Crippen molar-refractivity contribution >= 4 is 12.0 Å². The van der Waals surface area contributed by atoms with Crippen molar-refractivity contribution in [2.24, 2.45) is 0 Å². The van der Waals surface area contributed by atoms with Gasteiger partial charge in [-0.1, -0.05) is 30.3 Å². The van der Waals surface area contributed by atoms with Crippen LogP contribution in [-0.4, -0.2) is 22.9 Å². The molecule has 0 spiro atoms. The number of rotatable bonds is 2. The van der Waals surface area contributed by atoms with Crippen molar-refractivity contribution in [3.8, 4) is 0 Å². The summed E-state index contributed by atoms with van der Waals surface area (Å²) in [6.07, 6.45) is 7.07. The number of carbonyl (C=O) groups excluding carboxylic acids is 1. The summed E-state index contributed by atoms with van der Waals surface area (Å²) in [5, 5.41) is 0. The second-order valence-electron chi connectivity index (χ2n) is 5.12. The number of nitrogens with zero attached hydrogens (tertiary/aromatic N) is 1. The van der Waals surface area contributed by atoms with Gasteiger partial charge in [0, 0.05) is 18.2 Å². The Morgan fingerprint density at radius 1 is 1.17 bits per heavy atom. The lowest BCUT2D eigenvalue weighted by Crippen LogP contribution is -2.46. The molecule has 1 saturated heterocycles. The maximum atomic E-state index is 12.2. The van der Waals surface area contributed by atoms with Gasteiger partial charge >= 0.3 is 0 Å². The fraction of sp³-hybridized carbons (Fsp3) is 0.438. The highest BCUT2D eigenvalue weighted by Gasteiger charge is 2.27. The first kappa shape index (κ1) is 12.9. The maximum absolute atomic E-state index is 12.2. The predicted octanol–water partition coefficient (Wildman–Crippen LogP) is 3.49. The molecule has 0 saturated carbocycles. The third-order valence-corrected chi connectivity index (χ3v) is 3.67. The van der Waals surface area contributed by atoms with Gasteiger partial charge in [-0.2, -0.15) is 0 Å². The molecule has 1 aromatic rings. The lowest BCUT2D eigenvalue weighted by Gasteiger charge is -2.38. The largest absolute Gasteiger partial charge is 0.334 e. The zero-order valence-corrected chi connectivity index (χ0v) is 11.2. The van der Waals surface area contributed by atoms with Gasteiger partial charge in [-0.3, -0.25) is 4.79 Å². The van der Waals surface area contributed by atoms with E-state index in [0.29, 0.717) is 12.1 Å². The van der Waals surface area contributed by atoms with E-state index in [1.165, 1.54) is 6.42 Å². The van der Waals surface area contributed by atoms with Gasteiger partial charge in [0.25, 0.3) is 0 Å². The highest BCUT2D eigenvalue weighted by atomic mass is 16.2. The quantitative estimate of drug-likeness (QED) is 0.728. The van der Waals surface area contributed by atoms with Crippen LogP contribution in [0.15, 0.2) is 36.4 Å². The summed E-state index contributed by atoms with van der Waals surface area (Å²) in [6, 6.07) is 10.7. The van der Waals surface area contributed by atoms with Crippen molar-refractivity contribution in [2.45, 2.75) is 45.2 Å². The number of hydrogen-bond donors (Lipinski definition) is 0. The Bertz CT molecular complexity index is 414. The molecule has 2 heteroatoms. The molecule has 18 heavy (non-hydrogen) atoms. The van der Waals surface area contributed by atoms with Crippen molar-refractivity contribution in [2.75, 3.05) is 0 Å². The summed E-state index contributed by atoms with van der Waals surface area (Å²) in [5.74, 6) is 0.138. The predicted molar refractivity (Wildman–Crippen MR) is 75.1 cm³/mol. The highest BCUT2D eigenvalue weighted by Crippen LogP contribution is 2.22. The second-order valence-corrected chi connectivity index (χ2v) is 5.12. The van der Waals surface area contributed by atoms with E-state index in [1.807, 2.05) is 41.3 Å². The smallest absolute Gasteiger partial charge is 0.247 e. The maximum Gasteiger partial charge on any atom is 0.247 e. The lowest BCUT2D eigenvalue weighted by molar-refractivity contribution is -0.131.